The van der Waals surface area contributed by atoms with Crippen molar-refractivity contribution < 1.29 is 28.7 Å². The van der Waals surface area contributed by atoms with Gasteiger partial charge in [-0.2, -0.15) is 0 Å². The largest absolute Gasteiger partial charge is 0.467 e. The number of carbonyl (C=O) groups excluding carboxylic acids is 4. The summed E-state index contributed by atoms with van der Waals surface area (Å²) in [6.45, 7) is 16.1. The van der Waals surface area contributed by atoms with Gasteiger partial charge >= 0.3 is 12.1 Å². The van der Waals surface area contributed by atoms with Gasteiger partial charge in [-0.3, -0.25) is 9.59 Å². The van der Waals surface area contributed by atoms with Crippen LogP contribution in [0.25, 0.3) is 0 Å². The third kappa shape index (κ3) is 11.4. The molecule has 0 saturated heterocycles. The van der Waals surface area contributed by atoms with Crippen LogP contribution in [-0.4, -0.2) is 54.7 Å². The summed E-state index contributed by atoms with van der Waals surface area (Å²) >= 11 is 0. The first-order chi connectivity index (χ1) is 14.2. The Kier molecular flexibility index (Phi) is 11.9. The number of ether oxygens (including phenoxy) is 2. The average Bonchev–Trinajstić information content (AvgIpc) is 2.62. The highest BCUT2D eigenvalue weighted by atomic mass is 16.6. The van der Waals surface area contributed by atoms with E-state index in [9.17, 15) is 19.2 Å². The quantitative estimate of drug-likeness (QED) is 0.334. The lowest BCUT2D eigenvalue weighted by Gasteiger charge is -2.28. The van der Waals surface area contributed by atoms with Gasteiger partial charge in [-0.1, -0.05) is 33.8 Å². The van der Waals surface area contributed by atoms with Crippen molar-refractivity contribution in [1.82, 2.24) is 16.0 Å². The van der Waals surface area contributed by atoms with Crippen LogP contribution in [0, 0.1) is 11.8 Å². The first-order valence-corrected chi connectivity index (χ1v) is 10.5. The number of amides is 3. The summed E-state index contributed by atoms with van der Waals surface area (Å²) < 4.78 is 9.94. The minimum atomic E-state index is -0.901. The Hall–Kier alpha value is -2.58. The van der Waals surface area contributed by atoms with Crippen LogP contribution in [0.3, 0.4) is 0 Å². The topological polar surface area (TPSA) is 123 Å². The van der Waals surface area contributed by atoms with E-state index >= 15 is 0 Å². The maximum atomic E-state index is 12.9. The molecule has 3 amide bonds. The maximum Gasteiger partial charge on any atom is 0.408 e. The second-order valence-corrected chi connectivity index (χ2v) is 9.17. The van der Waals surface area contributed by atoms with Gasteiger partial charge in [0.2, 0.25) is 11.8 Å². The highest BCUT2D eigenvalue weighted by Crippen LogP contribution is 2.11. The molecule has 0 aliphatic rings. The summed E-state index contributed by atoms with van der Waals surface area (Å²) in [6, 6.07) is -2.70. The molecule has 9 heteroatoms. The van der Waals surface area contributed by atoms with Gasteiger partial charge in [-0.25, -0.2) is 9.59 Å². The van der Waals surface area contributed by atoms with Crippen molar-refractivity contribution in [1.29, 1.82) is 0 Å². The normalized spacial score (nSPS) is 14.3. The van der Waals surface area contributed by atoms with Crippen molar-refractivity contribution in [2.45, 2.75) is 85.0 Å². The van der Waals surface area contributed by atoms with E-state index in [0.717, 1.165) is 0 Å². The van der Waals surface area contributed by atoms with E-state index in [1.807, 2.05) is 13.8 Å². The molecule has 0 saturated carbocycles. The monoisotopic (exact) mass is 441 g/mol. The van der Waals surface area contributed by atoms with E-state index in [0.29, 0.717) is 6.42 Å². The number of hydrogen-bond acceptors (Lipinski definition) is 6. The molecular formula is C22H39N3O6. The molecule has 0 heterocycles. The van der Waals surface area contributed by atoms with E-state index < -0.39 is 47.6 Å². The van der Waals surface area contributed by atoms with E-state index in [-0.39, 0.29) is 18.3 Å². The molecule has 0 bridgehead atoms. The Labute approximate surface area is 185 Å². The number of rotatable bonds is 11. The Bertz CT molecular complexity index is 640. The van der Waals surface area contributed by atoms with Crippen molar-refractivity contribution in [2.75, 3.05) is 7.11 Å². The molecule has 0 unspecified atom stereocenters. The second kappa shape index (κ2) is 13.0. The molecular weight excluding hydrogens is 402 g/mol. The number of carbonyl (C=O) groups is 4. The molecule has 0 spiro atoms. The summed E-state index contributed by atoms with van der Waals surface area (Å²) in [7, 11) is 1.23. The van der Waals surface area contributed by atoms with Gasteiger partial charge in [0.1, 0.15) is 23.7 Å². The number of hydrogen-bond donors (Lipinski definition) is 3. The fraction of sp³-hybridized carbons (Fsp3) is 0.727. The van der Waals surface area contributed by atoms with Crippen molar-refractivity contribution in [2.24, 2.45) is 11.8 Å². The molecule has 0 fully saturated rings. The Morgan fingerprint density at radius 1 is 0.935 bits per heavy atom. The Balaban J connectivity index is 5.42. The molecule has 3 atom stereocenters. The van der Waals surface area contributed by atoms with Crippen molar-refractivity contribution in [3.8, 4) is 0 Å². The second-order valence-electron chi connectivity index (χ2n) is 9.17. The summed E-state index contributed by atoms with van der Waals surface area (Å²) in [4.78, 5) is 49.8. The summed E-state index contributed by atoms with van der Waals surface area (Å²) in [5.41, 5.74) is -0.712. The summed E-state index contributed by atoms with van der Waals surface area (Å²) in [6.07, 6.45) is 1.31. The Morgan fingerprint density at radius 2 is 1.48 bits per heavy atom. The van der Waals surface area contributed by atoms with Crippen molar-refractivity contribution in [3.63, 3.8) is 0 Å². The van der Waals surface area contributed by atoms with Crippen LogP contribution >= 0.6 is 0 Å². The molecule has 31 heavy (non-hydrogen) atoms. The van der Waals surface area contributed by atoms with Crippen molar-refractivity contribution in [3.05, 3.63) is 12.7 Å². The number of esters is 1. The molecule has 0 radical (unpaired) electrons. The lowest BCUT2D eigenvalue weighted by atomic mass is 9.99. The van der Waals surface area contributed by atoms with Crippen molar-refractivity contribution >= 4 is 23.9 Å². The first kappa shape index (κ1) is 28.4. The molecule has 0 aromatic rings. The van der Waals surface area contributed by atoms with Crippen LogP contribution in [0.15, 0.2) is 12.7 Å². The predicted octanol–water partition coefficient (Wildman–Crippen LogP) is 2.30. The molecule has 0 aliphatic carbocycles. The fourth-order valence-corrected chi connectivity index (χ4v) is 2.73. The molecule has 3 N–H and O–H groups in total. The minimum absolute atomic E-state index is 0.0864. The lowest BCUT2D eigenvalue weighted by molar-refractivity contribution is -0.145. The van der Waals surface area contributed by atoms with Crippen LogP contribution in [0.5, 0.6) is 0 Å². The zero-order chi connectivity index (χ0) is 24.4. The lowest BCUT2D eigenvalue weighted by Crippen LogP contribution is -2.57. The summed E-state index contributed by atoms with van der Waals surface area (Å²) in [5, 5.41) is 7.88. The minimum Gasteiger partial charge on any atom is -0.467 e. The number of alkyl carbamates (subject to hydrolysis) is 1. The number of nitrogens with one attached hydrogen (secondary N) is 3. The third-order valence-corrected chi connectivity index (χ3v) is 4.17. The fourth-order valence-electron chi connectivity index (χ4n) is 2.73. The van der Waals surface area contributed by atoms with Crippen LogP contribution in [0.4, 0.5) is 4.79 Å². The van der Waals surface area contributed by atoms with E-state index in [1.165, 1.54) is 13.2 Å². The van der Waals surface area contributed by atoms with Gasteiger partial charge in [0.15, 0.2) is 0 Å². The highest BCUT2D eigenvalue weighted by Gasteiger charge is 2.32. The zero-order valence-corrected chi connectivity index (χ0v) is 20.0. The molecule has 0 aromatic heterocycles. The molecule has 0 aliphatic heterocycles. The first-order valence-electron chi connectivity index (χ1n) is 10.5. The molecule has 178 valence electrons. The third-order valence-electron chi connectivity index (χ3n) is 4.17. The van der Waals surface area contributed by atoms with Gasteiger partial charge in [0.05, 0.1) is 7.11 Å². The Morgan fingerprint density at radius 3 is 1.90 bits per heavy atom. The number of methoxy groups -OCH3 is 1. The standard InChI is InChI=1S/C22H39N3O6/c1-10-11-15(20(28)30-9)23-18(26)16(12-13(2)3)24-19(27)17(14(4)5)25-21(29)31-22(6,7)8/h10,13-17H,1,11-12H2,2-9H3,(H,23,26)(H,24,27)(H,25,29)/t15-,16+,17+/m1/s1. The van der Waals surface area contributed by atoms with Gasteiger partial charge < -0.3 is 25.4 Å². The smallest absolute Gasteiger partial charge is 0.408 e. The maximum absolute atomic E-state index is 12.9. The highest BCUT2D eigenvalue weighted by molar-refractivity contribution is 5.93. The van der Waals surface area contributed by atoms with Crippen LogP contribution in [-0.2, 0) is 23.9 Å². The average molecular weight is 442 g/mol. The van der Waals surface area contributed by atoms with Crippen LogP contribution in [0.1, 0.15) is 61.3 Å². The molecule has 0 aromatic carbocycles. The van der Waals surface area contributed by atoms with E-state index in [4.69, 9.17) is 9.47 Å². The van der Waals surface area contributed by atoms with Gasteiger partial charge in [0, 0.05) is 0 Å². The predicted molar refractivity (Wildman–Crippen MR) is 118 cm³/mol. The van der Waals surface area contributed by atoms with E-state index in [1.54, 1.807) is 34.6 Å². The molecule has 0 rings (SSSR count). The molecule has 9 nitrogen and oxygen atoms in total. The van der Waals surface area contributed by atoms with E-state index in [2.05, 4.69) is 22.5 Å². The van der Waals surface area contributed by atoms with Gasteiger partial charge in [0.25, 0.3) is 0 Å². The van der Waals surface area contributed by atoms with Gasteiger partial charge in [-0.05, 0) is 45.4 Å². The van der Waals surface area contributed by atoms with Crippen LogP contribution < -0.4 is 16.0 Å². The van der Waals surface area contributed by atoms with Gasteiger partial charge in [-0.15, -0.1) is 6.58 Å². The zero-order valence-electron chi connectivity index (χ0n) is 20.0. The summed E-state index contributed by atoms with van der Waals surface area (Å²) in [5.74, 6) is -1.80. The SMILES string of the molecule is C=CC[C@@H](NC(=O)[C@H](CC(C)C)NC(=O)[C@@H](NC(=O)OC(C)(C)C)C(C)C)C(=O)OC. The van der Waals surface area contributed by atoms with Crippen LogP contribution in [0.2, 0.25) is 0 Å².